The standard InChI is InChI=1S/C32H36F3N7O2/c1-3-24-17-28-22(15-25(18-38-28)44-29-8-10-37-30-26(29)7-9-36-30)20-42(24)31(43)39-23-6-5-21(27(16-23)32(33,34)35)19-41-13-11-40(4-2)12-14-41/h5-10,15-16,18,24H,3-4,11-14,17,19-20H2,1-2H3,(H,36,37)(H,39,43)/t24-/m0/s1. The fourth-order valence-corrected chi connectivity index (χ4v) is 6.05. The van der Waals surface area contributed by atoms with Crippen LogP contribution in [0, 0.1) is 0 Å². The second-order valence-electron chi connectivity index (χ2n) is 11.3. The highest BCUT2D eigenvalue weighted by atomic mass is 19.4. The molecule has 2 amide bonds. The van der Waals surface area contributed by atoms with Crippen LogP contribution >= 0.6 is 0 Å². The molecule has 2 aliphatic rings. The molecule has 3 aromatic heterocycles. The molecule has 2 N–H and O–H groups in total. The van der Waals surface area contributed by atoms with Crippen LogP contribution in [0.4, 0.5) is 23.7 Å². The van der Waals surface area contributed by atoms with E-state index in [1.54, 1.807) is 35.6 Å². The molecule has 232 valence electrons. The lowest BCUT2D eigenvalue weighted by Crippen LogP contribution is -2.46. The molecule has 0 aliphatic carbocycles. The largest absolute Gasteiger partial charge is 0.455 e. The Morgan fingerprint density at radius 2 is 1.86 bits per heavy atom. The van der Waals surface area contributed by atoms with Crippen molar-refractivity contribution >= 4 is 22.8 Å². The maximum atomic E-state index is 14.2. The number of pyridine rings is 2. The van der Waals surface area contributed by atoms with Gasteiger partial charge in [-0.2, -0.15) is 13.2 Å². The van der Waals surface area contributed by atoms with Gasteiger partial charge in [-0.25, -0.2) is 9.78 Å². The summed E-state index contributed by atoms with van der Waals surface area (Å²) in [6.07, 6.45) is 1.78. The summed E-state index contributed by atoms with van der Waals surface area (Å²) in [6.45, 7) is 8.60. The Balaban J connectivity index is 1.18. The highest BCUT2D eigenvalue weighted by Crippen LogP contribution is 2.36. The zero-order chi connectivity index (χ0) is 30.8. The van der Waals surface area contributed by atoms with Crippen LogP contribution in [-0.4, -0.2) is 74.4 Å². The molecule has 6 rings (SSSR count). The summed E-state index contributed by atoms with van der Waals surface area (Å²) in [5.41, 5.74) is 2.02. The van der Waals surface area contributed by atoms with E-state index in [-0.39, 0.29) is 30.4 Å². The number of fused-ring (bicyclic) bond motifs is 2. The monoisotopic (exact) mass is 607 g/mol. The van der Waals surface area contributed by atoms with Crippen molar-refractivity contribution in [2.75, 3.05) is 38.0 Å². The molecular formula is C32H36F3N7O2. The van der Waals surface area contributed by atoms with Crippen LogP contribution in [0.5, 0.6) is 11.5 Å². The number of nitrogens with zero attached hydrogens (tertiary/aromatic N) is 5. The number of halogens is 3. The minimum absolute atomic E-state index is 0.117. The molecule has 1 aromatic carbocycles. The lowest BCUT2D eigenvalue weighted by atomic mass is 9.97. The van der Waals surface area contributed by atoms with Crippen molar-refractivity contribution in [1.82, 2.24) is 29.7 Å². The number of carbonyl (C=O) groups is 1. The molecule has 4 aromatic rings. The number of alkyl halides is 3. The number of hydrogen-bond donors (Lipinski definition) is 2. The van der Waals surface area contributed by atoms with Crippen molar-refractivity contribution in [3.05, 3.63) is 77.4 Å². The first-order chi connectivity index (χ1) is 21.2. The predicted molar refractivity (Wildman–Crippen MR) is 162 cm³/mol. The van der Waals surface area contributed by atoms with Gasteiger partial charge in [-0.15, -0.1) is 0 Å². The van der Waals surface area contributed by atoms with Crippen molar-refractivity contribution in [3.8, 4) is 11.5 Å². The van der Waals surface area contributed by atoms with Crippen LogP contribution in [0.1, 0.15) is 42.7 Å². The van der Waals surface area contributed by atoms with Crippen LogP contribution in [0.3, 0.4) is 0 Å². The van der Waals surface area contributed by atoms with Gasteiger partial charge in [0.05, 0.1) is 17.1 Å². The number of nitrogens with one attached hydrogen (secondary N) is 2. The fraction of sp³-hybridized carbons (Fsp3) is 0.406. The van der Waals surface area contributed by atoms with Crippen molar-refractivity contribution in [1.29, 1.82) is 0 Å². The molecule has 0 saturated carbocycles. The highest BCUT2D eigenvalue weighted by molar-refractivity contribution is 5.90. The van der Waals surface area contributed by atoms with E-state index in [1.807, 2.05) is 24.0 Å². The van der Waals surface area contributed by atoms with Crippen molar-refractivity contribution in [3.63, 3.8) is 0 Å². The maximum absolute atomic E-state index is 14.2. The number of anilines is 1. The molecule has 2 aliphatic heterocycles. The number of piperazine rings is 1. The summed E-state index contributed by atoms with van der Waals surface area (Å²) in [4.78, 5) is 31.5. The Labute approximate surface area is 254 Å². The van der Waals surface area contributed by atoms with Crippen LogP contribution in [0.2, 0.25) is 0 Å². The smallest absolute Gasteiger partial charge is 0.416 e. The predicted octanol–water partition coefficient (Wildman–Crippen LogP) is 6.28. The number of ether oxygens (including phenoxy) is 1. The van der Waals surface area contributed by atoms with Gasteiger partial charge in [-0.3, -0.25) is 9.88 Å². The maximum Gasteiger partial charge on any atom is 0.416 e. The van der Waals surface area contributed by atoms with Gasteiger partial charge < -0.3 is 24.8 Å². The van der Waals surface area contributed by atoms with Gasteiger partial charge >= 0.3 is 12.2 Å². The second kappa shape index (κ2) is 12.4. The van der Waals surface area contributed by atoms with E-state index < -0.39 is 17.8 Å². The van der Waals surface area contributed by atoms with Crippen LogP contribution in [-0.2, 0) is 25.7 Å². The summed E-state index contributed by atoms with van der Waals surface area (Å²) in [7, 11) is 0. The molecule has 0 unspecified atom stereocenters. The second-order valence-corrected chi connectivity index (χ2v) is 11.3. The molecule has 1 atom stereocenters. The first-order valence-corrected chi connectivity index (χ1v) is 15.0. The van der Waals surface area contributed by atoms with Gasteiger partial charge in [-0.05, 0) is 54.4 Å². The molecule has 44 heavy (non-hydrogen) atoms. The Hall–Kier alpha value is -4.16. The molecule has 0 spiro atoms. The van der Waals surface area contributed by atoms with E-state index in [1.165, 1.54) is 6.07 Å². The molecule has 0 bridgehead atoms. The summed E-state index contributed by atoms with van der Waals surface area (Å²) in [5.74, 6) is 1.15. The van der Waals surface area contributed by atoms with Crippen molar-refractivity contribution < 1.29 is 22.7 Å². The fourth-order valence-electron chi connectivity index (χ4n) is 6.05. The summed E-state index contributed by atoms with van der Waals surface area (Å²) in [5, 5.41) is 3.57. The molecule has 12 heteroatoms. The topological polar surface area (TPSA) is 89.6 Å². The number of H-pyrrole nitrogens is 1. The molecule has 1 fully saturated rings. The lowest BCUT2D eigenvalue weighted by Gasteiger charge is -2.36. The number of aromatic nitrogens is 3. The van der Waals surface area contributed by atoms with Gasteiger partial charge in [0.1, 0.15) is 17.1 Å². The van der Waals surface area contributed by atoms with Crippen LogP contribution < -0.4 is 10.1 Å². The lowest BCUT2D eigenvalue weighted by molar-refractivity contribution is -0.138. The van der Waals surface area contributed by atoms with Crippen LogP contribution in [0.15, 0.2) is 55.0 Å². The molecule has 9 nitrogen and oxygen atoms in total. The van der Waals surface area contributed by atoms with Crippen molar-refractivity contribution in [2.45, 2.75) is 52.0 Å². The average molecular weight is 608 g/mol. The summed E-state index contributed by atoms with van der Waals surface area (Å²) < 4.78 is 48.6. The summed E-state index contributed by atoms with van der Waals surface area (Å²) in [6, 6.07) is 9.02. The Morgan fingerprint density at radius 1 is 1.07 bits per heavy atom. The van der Waals surface area contributed by atoms with E-state index in [9.17, 15) is 18.0 Å². The first-order valence-electron chi connectivity index (χ1n) is 15.0. The minimum atomic E-state index is -4.54. The third-order valence-corrected chi connectivity index (χ3v) is 8.60. The Morgan fingerprint density at radius 3 is 2.61 bits per heavy atom. The third-order valence-electron chi connectivity index (χ3n) is 8.60. The minimum Gasteiger partial charge on any atom is -0.455 e. The van der Waals surface area contributed by atoms with E-state index in [0.29, 0.717) is 30.0 Å². The SMILES string of the molecule is CC[C@H]1Cc2ncc(Oc3ccnc4[nH]ccc34)cc2CN1C(=O)Nc1ccc(CN2CCN(CC)CC2)c(C(F)(F)F)c1. The third kappa shape index (κ3) is 6.36. The zero-order valence-electron chi connectivity index (χ0n) is 24.8. The number of urea groups is 1. The first kappa shape index (κ1) is 29.9. The molecule has 0 radical (unpaired) electrons. The number of hydrogen-bond acceptors (Lipinski definition) is 6. The number of benzene rings is 1. The van der Waals surface area contributed by atoms with E-state index in [0.717, 1.165) is 55.4 Å². The molecule has 1 saturated heterocycles. The van der Waals surface area contributed by atoms with Gasteiger partial charge in [0, 0.05) is 75.5 Å². The van der Waals surface area contributed by atoms with Crippen molar-refractivity contribution in [2.24, 2.45) is 0 Å². The normalized spacial score (nSPS) is 17.9. The van der Waals surface area contributed by atoms with Crippen LogP contribution in [0.25, 0.3) is 11.0 Å². The van der Waals surface area contributed by atoms with Gasteiger partial charge in [0.2, 0.25) is 0 Å². The number of likely N-dealkylation sites (N-methyl/N-ethyl adjacent to an activating group) is 1. The number of amides is 2. The van der Waals surface area contributed by atoms with Gasteiger partial charge in [0.25, 0.3) is 0 Å². The van der Waals surface area contributed by atoms with Gasteiger partial charge in [-0.1, -0.05) is 19.9 Å². The number of rotatable bonds is 7. The number of aromatic amines is 1. The highest BCUT2D eigenvalue weighted by Gasteiger charge is 2.35. The molecular weight excluding hydrogens is 571 g/mol. The zero-order valence-corrected chi connectivity index (χ0v) is 24.8. The Bertz CT molecular complexity index is 1630. The van der Waals surface area contributed by atoms with E-state index >= 15 is 0 Å². The summed E-state index contributed by atoms with van der Waals surface area (Å²) >= 11 is 0. The average Bonchev–Trinajstić information content (AvgIpc) is 3.51. The Kier molecular flexibility index (Phi) is 8.46. The quantitative estimate of drug-likeness (QED) is 0.257. The van der Waals surface area contributed by atoms with E-state index in [2.05, 4.69) is 32.1 Å². The molecule has 5 heterocycles. The number of carbonyl (C=O) groups excluding carboxylic acids is 1. The van der Waals surface area contributed by atoms with Gasteiger partial charge in [0.15, 0.2) is 0 Å². The van der Waals surface area contributed by atoms with E-state index in [4.69, 9.17) is 4.74 Å².